The smallest absolute Gasteiger partial charge is 0.410 e. The van der Waals surface area contributed by atoms with Crippen molar-refractivity contribution >= 4 is 22.0 Å². The Morgan fingerprint density at radius 2 is 1.79 bits per heavy atom. The minimum Gasteiger partial charge on any atom is -0.410 e. The summed E-state index contributed by atoms with van der Waals surface area (Å²) >= 11 is 3.37. The van der Waals surface area contributed by atoms with Crippen LogP contribution in [0.5, 0.6) is 5.75 Å². The normalized spacial score (nSPS) is 26.1. The number of amides is 1. The van der Waals surface area contributed by atoms with E-state index in [-0.39, 0.29) is 6.09 Å². The molecule has 0 unspecified atom stereocenters. The number of benzene rings is 1. The second kappa shape index (κ2) is 5.51. The summed E-state index contributed by atoms with van der Waals surface area (Å²) in [6.45, 7) is 3.95. The highest BCUT2D eigenvalue weighted by atomic mass is 75.9. The molecular formula is C14H17BrN2O2. The van der Waals surface area contributed by atoms with E-state index in [2.05, 4.69) is 20.8 Å². The lowest BCUT2D eigenvalue weighted by Crippen LogP contribution is -2.43. The topological polar surface area (TPSA) is 32.8 Å². The average molecular weight is 321 g/mol. The van der Waals surface area contributed by atoms with Gasteiger partial charge in [0, 0.05) is 36.7 Å². The molecule has 19 heavy (non-hydrogen) atoms. The maximum atomic E-state index is 12.3. The van der Waals surface area contributed by atoms with Crippen molar-refractivity contribution < 1.29 is 9.53 Å². The Labute approximate surface area is 121 Å². The van der Waals surface area contributed by atoms with E-state index in [0.29, 0.717) is 11.8 Å². The number of hydrogen-bond donors (Lipinski definition) is 0. The molecule has 2 bridgehead atoms. The summed E-state index contributed by atoms with van der Waals surface area (Å²) in [5, 5.41) is 0. The van der Waals surface area contributed by atoms with Crippen LogP contribution in [0.15, 0.2) is 28.7 Å². The molecule has 4 nitrogen and oxygen atoms in total. The standard InChI is InChI=1S/C14H17BrN2O2/c15-11-1-3-13(4-2-11)19-14(18)17-10-9-16-7-5-12(17)6-8-16/h1-4,12H,5-10H2/i15-4. The van der Waals surface area contributed by atoms with Crippen molar-refractivity contribution in [3.05, 3.63) is 28.7 Å². The number of nitrogens with zero attached hydrogens (tertiary/aromatic N) is 2. The molecular weight excluding hydrogens is 304 g/mol. The maximum absolute atomic E-state index is 12.3. The lowest BCUT2D eigenvalue weighted by molar-refractivity contribution is 0.131. The van der Waals surface area contributed by atoms with Crippen LogP contribution in [0.1, 0.15) is 12.8 Å². The van der Waals surface area contributed by atoms with Crippen LogP contribution in [0, 0.1) is 0 Å². The van der Waals surface area contributed by atoms with Gasteiger partial charge in [-0.25, -0.2) is 4.79 Å². The molecule has 1 amide bonds. The summed E-state index contributed by atoms with van der Waals surface area (Å²) in [4.78, 5) is 16.6. The maximum Gasteiger partial charge on any atom is 0.415 e. The fourth-order valence-corrected chi connectivity index (χ4v) is 3.05. The molecule has 3 aliphatic rings. The Balaban J connectivity index is 1.68. The van der Waals surface area contributed by atoms with Crippen molar-refractivity contribution in [2.24, 2.45) is 0 Å². The summed E-state index contributed by atoms with van der Waals surface area (Å²) in [6, 6.07) is 7.72. The zero-order chi connectivity index (χ0) is 13.2. The van der Waals surface area contributed by atoms with Gasteiger partial charge in [-0.1, -0.05) is 15.9 Å². The Bertz CT molecular complexity index is 455. The molecule has 0 N–H and O–H groups in total. The van der Waals surface area contributed by atoms with Gasteiger partial charge in [-0.15, -0.1) is 0 Å². The second-order valence-electron chi connectivity index (χ2n) is 5.09. The molecule has 5 heteroatoms. The van der Waals surface area contributed by atoms with Gasteiger partial charge in [0.05, 0.1) is 0 Å². The molecule has 1 aromatic carbocycles. The van der Waals surface area contributed by atoms with Gasteiger partial charge in [0.25, 0.3) is 0 Å². The first-order valence-electron chi connectivity index (χ1n) is 6.69. The van der Waals surface area contributed by atoms with Crippen molar-refractivity contribution in [3.63, 3.8) is 0 Å². The SMILES string of the molecule is O=C(Oc1ccc([76Br])cc1)N1CCN2CCC1CC2. The molecule has 102 valence electrons. The highest BCUT2D eigenvalue weighted by Gasteiger charge is 2.32. The van der Waals surface area contributed by atoms with Crippen LogP contribution in [-0.4, -0.2) is 48.1 Å². The number of piperidine rings is 1. The van der Waals surface area contributed by atoms with Crippen LogP contribution >= 0.6 is 15.9 Å². The Morgan fingerprint density at radius 3 is 2.47 bits per heavy atom. The van der Waals surface area contributed by atoms with Crippen molar-refractivity contribution in [2.45, 2.75) is 18.9 Å². The summed E-state index contributed by atoms with van der Waals surface area (Å²) < 4.78 is 6.44. The van der Waals surface area contributed by atoms with Crippen molar-refractivity contribution in [3.8, 4) is 5.75 Å². The quantitative estimate of drug-likeness (QED) is 0.797. The number of hydrogen-bond acceptors (Lipinski definition) is 3. The van der Waals surface area contributed by atoms with E-state index in [0.717, 1.165) is 43.5 Å². The molecule has 0 saturated carbocycles. The summed E-state index contributed by atoms with van der Waals surface area (Å²) in [6.07, 6.45) is 1.92. The van der Waals surface area contributed by atoms with Gasteiger partial charge < -0.3 is 14.5 Å². The van der Waals surface area contributed by atoms with Gasteiger partial charge in [0.2, 0.25) is 0 Å². The van der Waals surface area contributed by atoms with E-state index in [1.54, 1.807) is 12.1 Å². The van der Waals surface area contributed by atoms with Crippen LogP contribution in [0.3, 0.4) is 0 Å². The van der Waals surface area contributed by atoms with Crippen LogP contribution in [0.4, 0.5) is 4.79 Å². The lowest BCUT2D eigenvalue weighted by atomic mass is 10.1. The number of carbonyl (C=O) groups excluding carboxylic acids is 1. The number of halogens is 1. The van der Waals surface area contributed by atoms with Crippen molar-refractivity contribution in [2.75, 3.05) is 26.2 Å². The first kappa shape index (κ1) is 12.9. The molecule has 0 atom stereocenters. The van der Waals surface area contributed by atoms with E-state index in [9.17, 15) is 4.79 Å². The molecule has 3 fully saturated rings. The van der Waals surface area contributed by atoms with Gasteiger partial charge in [0.1, 0.15) is 5.75 Å². The molecule has 0 spiro atoms. The molecule has 3 heterocycles. The third-order valence-corrected chi connectivity index (χ3v) is 4.44. The third-order valence-electron chi connectivity index (χ3n) is 3.91. The highest BCUT2D eigenvalue weighted by molar-refractivity contribution is 9.10. The summed E-state index contributed by atoms with van der Waals surface area (Å²) in [5.74, 6) is 0.604. The highest BCUT2D eigenvalue weighted by Crippen LogP contribution is 2.23. The summed E-state index contributed by atoms with van der Waals surface area (Å²) in [5.41, 5.74) is 0. The molecule has 0 aromatic heterocycles. The summed E-state index contributed by atoms with van der Waals surface area (Å²) in [7, 11) is 0. The first-order chi connectivity index (χ1) is 9.22. The predicted molar refractivity (Wildman–Crippen MR) is 76.3 cm³/mol. The fraction of sp³-hybridized carbons (Fsp3) is 0.500. The van der Waals surface area contributed by atoms with E-state index >= 15 is 0 Å². The first-order valence-corrected chi connectivity index (χ1v) is 7.48. The molecule has 0 aliphatic carbocycles. The van der Waals surface area contributed by atoms with Gasteiger partial charge in [0.15, 0.2) is 0 Å². The van der Waals surface area contributed by atoms with Crippen LogP contribution in [0.25, 0.3) is 0 Å². The zero-order valence-electron chi connectivity index (χ0n) is 10.7. The molecule has 0 radical (unpaired) electrons. The minimum absolute atomic E-state index is 0.212. The van der Waals surface area contributed by atoms with E-state index in [1.165, 1.54) is 0 Å². The van der Waals surface area contributed by atoms with Crippen molar-refractivity contribution in [1.82, 2.24) is 9.80 Å². The third kappa shape index (κ3) is 2.92. The average Bonchev–Trinajstić information content (AvgIpc) is 2.75. The second-order valence-corrected chi connectivity index (χ2v) is 6.00. The van der Waals surface area contributed by atoms with Crippen molar-refractivity contribution in [1.29, 1.82) is 0 Å². The van der Waals surface area contributed by atoms with Crippen LogP contribution < -0.4 is 4.74 Å². The zero-order valence-corrected chi connectivity index (χ0v) is 12.3. The Kier molecular flexibility index (Phi) is 3.75. The monoisotopic (exact) mass is 321 g/mol. The number of fused-ring (bicyclic) bond motifs is 4. The van der Waals surface area contributed by atoms with E-state index in [4.69, 9.17) is 4.74 Å². The molecule has 4 rings (SSSR count). The largest absolute Gasteiger partial charge is 0.415 e. The number of ether oxygens (including phenoxy) is 1. The molecule has 3 aliphatic heterocycles. The number of carbonyl (C=O) groups is 1. The Hall–Kier alpha value is -1.07. The van der Waals surface area contributed by atoms with E-state index in [1.807, 2.05) is 17.0 Å². The number of rotatable bonds is 1. The molecule has 1 aromatic rings. The Morgan fingerprint density at radius 1 is 1.11 bits per heavy atom. The fourth-order valence-electron chi connectivity index (χ4n) is 2.79. The van der Waals surface area contributed by atoms with Gasteiger partial charge >= 0.3 is 6.09 Å². The van der Waals surface area contributed by atoms with Gasteiger partial charge in [-0.2, -0.15) is 0 Å². The minimum atomic E-state index is -0.212. The van der Waals surface area contributed by atoms with Gasteiger partial charge in [-0.3, -0.25) is 0 Å². The predicted octanol–water partition coefficient (Wildman–Crippen LogP) is 2.73. The van der Waals surface area contributed by atoms with E-state index < -0.39 is 0 Å². The molecule has 3 saturated heterocycles. The van der Waals surface area contributed by atoms with Crippen LogP contribution in [-0.2, 0) is 0 Å². The van der Waals surface area contributed by atoms with Gasteiger partial charge in [-0.05, 0) is 37.1 Å². The lowest BCUT2D eigenvalue weighted by Gasteiger charge is -2.30. The van der Waals surface area contributed by atoms with Crippen LogP contribution in [0.2, 0.25) is 0 Å².